The Balaban J connectivity index is 1.59. The molecule has 0 saturated heterocycles. The largest absolute Gasteiger partial charge is 0.458 e. The van der Waals surface area contributed by atoms with Crippen LogP contribution in [0.5, 0.6) is 0 Å². The number of aromatic nitrogens is 1. The summed E-state index contributed by atoms with van der Waals surface area (Å²) in [5.41, 5.74) is 1.42. The first kappa shape index (κ1) is 25.0. The number of hydrogen-bond donors (Lipinski definition) is 3. The van der Waals surface area contributed by atoms with Crippen LogP contribution in [0.25, 0.3) is 11.5 Å². The Morgan fingerprint density at radius 3 is 2.62 bits per heavy atom. The molecule has 3 aromatic rings. The Morgan fingerprint density at radius 1 is 1.15 bits per heavy atom. The number of amides is 3. The van der Waals surface area contributed by atoms with E-state index in [2.05, 4.69) is 20.9 Å². The van der Waals surface area contributed by atoms with Gasteiger partial charge in [-0.15, -0.1) is 11.3 Å². The van der Waals surface area contributed by atoms with Crippen LogP contribution >= 0.6 is 11.3 Å². The van der Waals surface area contributed by atoms with Gasteiger partial charge in [0.15, 0.2) is 10.9 Å². The van der Waals surface area contributed by atoms with Gasteiger partial charge in [-0.2, -0.15) is 0 Å². The Kier molecular flexibility index (Phi) is 8.80. The molecule has 2 heterocycles. The van der Waals surface area contributed by atoms with Crippen molar-refractivity contribution in [3.8, 4) is 11.5 Å². The second-order valence-corrected chi connectivity index (χ2v) is 8.63. The number of ether oxygens (including phenoxy) is 1. The van der Waals surface area contributed by atoms with Crippen molar-refractivity contribution in [3.63, 3.8) is 0 Å². The molecule has 0 aliphatic carbocycles. The van der Waals surface area contributed by atoms with Crippen molar-refractivity contribution in [2.45, 2.75) is 46.4 Å². The number of furan rings is 1. The molecule has 3 amide bonds. The van der Waals surface area contributed by atoms with Crippen molar-refractivity contribution in [1.29, 1.82) is 0 Å². The lowest BCUT2D eigenvalue weighted by Crippen LogP contribution is -2.47. The third-order valence-corrected chi connectivity index (χ3v) is 5.90. The molecular weight excluding hydrogens is 456 g/mol. The Morgan fingerprint density at radius 2 is 1.91 bits per heavy atom. The van der Waals surface area contributed by atoms with Crippen molar-refractivity contribution in [3.05, 3.63) is 59.2 Å². The van der Waals surface area contributed by atoms with Gasteiger partial charge in [-0.1, -0.05) is 50.6 Å². The molecule has 2 aromatic heterocycles. The molecule has 0 aliphatic heterocycles. The van der Waals surface area contributed by atoms with Gasteiger partial charge in [-0.3, -0.25) is 9.59 Å². The van der Waals surface area contributed by atoms with Crippen LogP contribution in [0.2, 0.25) is 0 Å². The third-order valence-electron chi connectivity index (χ3n) is 5.14. The molecule has 180 valence electrons. The van der Waals surface area contributed by atoms with Crippen molar-refractivity contribution in [1.82, 2.24) is 15.6 Å². The minimum absolute atomic E-state index is 0.116. The highest BCUT2D eigenvalue weighted by atomic mass is 32.1. The number of nitrogens with zero attached hydrogens (tertiary/aromatic N) is 1. The van der Waals surface area contributed by atoms with Gasteiger partial charge in [-0.25, -0.2) is 9.78 Å². The topological polar surface area (TPSA) is 123 Å². The highest BCUT2D eigenvalue weighted by Crippen LogP contribution is 2.27. The van der Waals surface area contributed by atoms with E-state index < -0.39 is 12.1 Å². The van der Waals surface area contributed by atoms with Gasteiger partial charge in [0.2, 0.25) is 11.8 Å². The summed E-state index contributed by atoms with van der Waals surface area (Å²) in [5.74, 6) is 0.477. The van der Waals surface area contributed by atoms with Crippen LogP contribution in [0, 0.1) is 5.92 Å². The first-order valence-electron chi connectivity index (χ1n) is 10.9. The van der Waals surface area contributed by atoms with E-state index in [0.29, 0.717) is 28.8 Å². The van der Waals surface area contributed by atoms with Crippen LogP contribution in [-0.2, 0) is 27.5 Å². The smallest absolute Gasteiger partial charge is 0.408 e. The van der Waals surface area contributed by atoms with Gasteiger partial charge < -0.3 is 25.1 Å². The monoisotopic (exact) mass is 484 g/mol. The molecule has 3 N–H and O–H groups in total. The Labute approximate surface area is 201 Å². The molecule has 2 atom stereocenters. The van der Waals surface area contributed by atoms with Crippen LogP contribution in [0.15, 0.2) is 52.3 Å². The minimum atomic E-state index is -0.784. The second kappa shape index (κ2) is 12.0. The maximum atomic E-state index is 12.9. The lowest BCUT2D eigenvalue weighted by Gasteiger charge is -2.22. The van der Waals surface area contributed by atoms with Gasteiger partial charge >= 0.3 is 6.09 Å². The summed E-state index contributed by atoms with van der Waals surface area (Å²) in [4.78, 5) is 40.7. The maximum Gasteiger partial charge on any atom is 0.408 e. The van der Waals surface area contributed by atoms with Gasteiger partial charge in [0.1, 0.15) is 24.1 Å². The highest BCUT2D eigenvalue weighted by molar-refractivity contribution is 7.14. The molecule has 10 heteroatoms. The summed E-state index contributed by atoms with van der Waals surface area (Å²) in [6.45, 7) is 5.66. The summed E-state index contributed by atoms with van der Waals surface area (Å²) in [6.07, 6.45) is 0.0234. The Bertz CT molecular complexity index is 1110. The maximum absolute atomic E-state index is 12.9. The molecule has 0 fully saturated rings. The third kappa shape index (κ3) is 7.17. The Hall–Kier alpha value is -3.66. The first-order valence-corrected chi connectivity index (χ1v) is 11.8. The number of benzene rings is 1. The quantitative estimate of drug-likeness (QED) is 0.394. The zero-order chi connectivity index (χ0) is 24.5. The molecule has 0 radical (unpaired) electrons. The van der Waals surface area contributed by atoms with Crippen LogP contribution in [0.1, 0.15) is 38.5 Å². The number of anilines is 1. The SMILES string of the molecule is CC[C@H](C)[C@H](NC(=O)OCc1ccccc1)C(=O)Nc1nc(-c2ccc(CNC(C)=O)o2)cs1. The lowest BCUT2D eigenvalue weighted by atomic mass is 9.98. The molecule has 0 aliphatic rings. The number of nitrogens with one attached hydrogen (secondary N) is 3. The van der Waals surface area contributed by atoms with Gasteiger partial charge in [0.25, 0.3) is 0 Å². The van der Waals surface area contributed by atoms with E-state index in [1.807, 2.05) is 44.2 Å². The van der Waals surface area contributed by atoms with E-state index in [1.165, 1.54) is 18.3 Å². The van der Waals surface area contributed by atoms with Crippen molar-refractivity contribution >= 4 is 34.4 Å². The molecule has 0 saturated carbocycles. The molecule has 34 heavy (non-hydrogen) atoms. The summed E-state index contributed by atoms with van der Waals surface area (Å²) >= 11 is 1.25. The fourth-order valence-electron chi connectivity index (χ4n) is 3.04. The van der Waals surface area contributed by atoms with Crippen LogP contribution < -0.4 is 16.0 Å². The molecular formula is C24H28N4O5S. The molecule has 1 aromatic carbocycles. The van der Waals surface area contributed by atoms with Crippen molar-refractivity contribution in [2.24, 2.45) is 5.92 Å². The summed E-state index contributed by atoms with van der Waals surface area (Å²) in [6, 6.07) is 12.0. The molecule has 0 unspecified atom stereocenters. The van der Waals surface area contributed by atoms with E-state index in [1.54, 1.807) is 17.5 Å². The fraction of sp³-hybridized carbons (Fsp3) is 0.333. The second-order valence-electron chi connectivity index (χ2n) is 7.77. The zero-order valence-electron chi connectivity index (χ0n) is 19.3. The highest BCUT2D eigenvalue weighted by Gasteiger charge is 2.27. The van der Waals surface area contributed by atoms with E-state index in [9.17, 15) is 14.4 Å². The predicted molar refractivity (Wildman–Crippen MR) is 129 cm³/mol. The predicted octanol–water partition coefficient (Wildman–Crippen LogP) is 4.32. The summed E-state index contributed by atoms with van der Waals surface area (Å²) in [7, 11) is 0. The van der Waals surface area contributed by atoms with Crippen molar-refractivity contribution < 1.29 is 23.5 Å². The van der Waals surface area contributed by atoms with Gasteiger partial charge in [0, 0.05) is 12.3 Å². The molecule has 0 spiro atoms. The van der Waals surface area contributed by atoms with Crippen LogP contribution in [-0.4, -0.2) is 28.9 Å². The van der Waals surface area contributed by atoms with Gasteiger partial charge in [-0.05, 0) is 23.6 Å². The average Bonchev–Trinajstić information content (AvgIpc) is 3.49. The summed E-state index contributed by atoms with van der Waals surface area (Å²) in [5, 5.41) is 10.3. The standard InChI is InChI=1S/C24H28N4O5S/c1-4-15(2)21(27-24(31)32-13-17-8-6-5-7-9-17)22(30)28-23-26-19(14-34-23)20-11-10-18(33-20)12-25-16(3)29/h5-11,14-15,21H,4,12-13H2,1-3H3,(H,25,29)(H,27,31)(H,26,28,30)/t15-,21-/m0/s1. The number of carbonyl (C=O) groups excluding carboxylic acids is 3. The van der Waals surface area contributed by atoms with E-state index in [0.717, 1.165) is 5.56 Å². The number of rotatable bonds is 10. The summed E-state index contributed by atoms with van der Waals surface area (Å²) < 4.78 is 11.0. The molecule has 9 nitrogen and oxygen atoms in total. The molecule has 3 rings (SSSR count). The van der Waals surface area contributed by atoms with Crippen LogP contribution in [0.3, 0.4) is 0 Å². The van der Waals surface area contributed by atoms with Crippen LogP contribution in [0.4, 0.5) is 9.93 Å². The number of alkyl carbamates (subject to hydrolysis) is 1. The number of thiazole rings is 1. The zero-order valence-corrected chi connectivity index (χ0v) is 20.1. The van der Waals surface area contributed by atoms with E-state index in [4.69, 9.17) is 9.15 Å². The first-order chi connectivity index (χ1) is 16.4. The van der Waals surface area contributed by atoms with Gasteiger partial charge in [0.05, 0.1) is 6.54 Å². The number of hydrogen-bond acceptors (Lipinski definition) is 7. The fourth-order valence-corrected chi connectivity index (χ4v) is 3.75. The van der Waals surface area contributed by atoms with E-state index in [-0.39, 0.29) is 30.9 Å². The number of carbonyl (C=O) groups is 3. The van der Waals surface area contributed by atoms with Crippen molar-refractivity contribution in [2.75, 3.05) is 5.32 Å². The average molecular weight is 485 g/mol. The molecule has 0 bridgehead atoms. The minimum Gasteiger partial charge on any atom is -0.458 e. The normalized spacial score (nSPS) is 12.4. The van der Waals surface area contributed by atoms with E-state index >= 15 is 0 Å². The lowest BCUT2D eigenvalue weighted by molar-refractivity contribution is -0.120.